The van der Waals surface area contributed by atoms with E-state index in [1.807, 2.05) is 0 Å². The van der Waals surface area contributed by atoms with Crippen LogP contribution in [0.4, 0.5) is 23.2 Å². The summed E-state index contributed by atoms with van der Waals surface area (Å²) in [6.07, 6.45) is -4.17. The zero-order valence-corrected chi connectivity index (χ0v) is 19.2. The number of nitrogens with one attached hydrogen (secondary N) is 1. The average Bonchev–Trinajstić information content (AvgIpc) is 3.43. The fraction of sp³-hybridized carbons (Fsp3) is 0.130. The van der Waals surface area contributed by atoms with Crippen LogP contribution < -0.4 is 5.32 Å². The predicted octanol–water partition coefficient (Wildman–Crippen LogP) is 5.75. The monoisotopic (exact) mass is 522 g/mol. The summed E-state index contributed by atoms with van der Waals surface area (Å²) in [5.74, 6) is -3.08. The van der Waals surface area contributed by atoms with Gasteiger partial charge in [0, 0.05) is 12.6 Å². The van der Waals surface area contributed by atoms with Crippen molar-refractivity contribution in [2.45, 2.75) is 13.1 Å². The fourth-order valence-corrected chi connectivity index (χ4v) is 3.81. The molecule has 1 amide bonds. The lowest BCUT2D eigenvalue weighted by atomic mass is 10.0. The number of aromatic nitrogens is 3. The Morgan fingerprint density at radius 1 is 1.17 bits per heavy atom. The van der Waals surface area contributed by atoms with E-state index in [9.17, 15) is 27.2 Å². The Balaban J connectivity index is 1.96. The second kappa shape index (κ2) is 9.46. The molecule has 0 aliphatic rings. The number of methoxy groups -OCH3 is 1. The van der Waals surface area contributed by atoms with E-state index in [-0.39, 0.29) is 22.0 Å². The maximum Gasteiger partial charge on any atom is 0.434 e. The number of rotatable bonds is 5. The third-order valence-electron chi connectivity index (χ3n) is 4.97. The standard InChI is InChI=1S/C23H15ClF4N4O4/c1-11(33)30-12-5-3-6-13(9-12)32-21(23(26,27)28)14(10-29-32)20-18(22(34)35-2)19(31-36-20)17-15(24)7-4-8-16(17)25/h3-10H,1-2H3,(H,30,33). The van der Waals surface area contributed by atoms with Crippen molar-refractivity contribution < 1.29 is 36.4 Å². The molecule has 2 aromatic heterocycles. The van der Waals surface area contributed by atoms with Gasteiger partial charge < -0.3 is 14.6 Å². The van der Waals surface area contributed by atoms with Gasteiger partial charge in [0.1, 0.15) is 17.1 Å². The van der Waals surface area contributed by atoms with Crippen LogP contribution in [0, 0.1) is 5.82 Å². The summed E-state index contributed by atoms with van der Waals surface area (Å²) in [6.45, 7) is 1.25. The van der Waals surface area contributed by atoms with Crippen molar-refractivity contribution in [1.29, 1.82) is 0 Å². The summed E-state index contributed by atoms with van der Waals surface area (Å²) < 4.78 is 67.9. The Hall–Kier alpha value is -4.19. The van der Waals surface area contributed by atoms with Crippen LogP contribution in [-0.4, -0.2) is 33.9 Å². The molecule has 0 saturated heterocycles. The molecule has 0 aliphatic carbocycles. The van der Waals surface area contributed by atoms with E-state index in [1.165, 1.54) is 43.3 Å². The molecule has 0 atom stereocenters. The Morgan fingerprint density at radius 3 is 2.53 bits per heavy atom. The fourth-order valence-electron chi connectivity index (χ4n) is 3.56. The zero-order chi connectivity index (χ0) is 26.2. The van der Waals surface area contributed by atoms with Crippen LogP contribution in [0.2, 0.25) is 5.02 Å². The molecule has 0 spiro atoms. The van der Waals surface area contributed by atoms with Gasteiger partial charge in [0.25, 0.3) is 0 Å². The SMILES string of the molecule is COC(=O)c1c(-c2c(F)cccc2Cl)noc1-c1cnn(-c2cccc(NC(C)=O)c2)c1C(F)(F)F. The van der Waals surface area contributed by atoms with Crippen molar-refractivity contribution in [1.82, 2.24) is 14.9 Å². The molecule has 13 heteroatoms. The van der Waals surface area contributed by atoms with Crippen LogP contribution >= 0.6 is 11.6 Å². The third-order valence-corrected chi connectivity index (χ3v) is 5.29. The molecule has 0 saturated carbocycles. The van der Waals surface area contributed by atoms with Gasteiger partial charge in [0.05, 0.1) is 35.1 Å². The van der Waals surface area contributed by atoms with Crippen LogP contribution in [0.3, 0.4) is 0 Å². The highest BCUT2D eigenvalue weighted by atomic mass is 35.5. The Labute approximate surface area is 205 Å². The van der Waals surface area contributed by atoms with Gasteiger partial charge in [0.15, 0.2) is 11.5 Å². The number of hydrogen-bond donors (Lipinski definition) is 1. The number of nitrogens with zero attached hydrogens (tertiary/aromatic N) is 3. The number of benzene rings is 2. The minimum atomic E-state index is -4.99. The van der Waals surface area contributed by atoms with Gasteiger partial charge in [-0.25, -0.2) is 13.9 Å². The van der Waals surface area contributed by atoms with Gasteiger partial charge >= 0.3 is 12.1 Å². The first-order valence-electron chi connectivity index (χ1n) is 10.1. The number of hydrogen-bond acceptors (Lipinski definition) is 6. The van der Waals surface area contributed by atoms with E-state index >= 15 is 0 Å². The van der Waals surface area contributed by atoms with Crippen molar-refractivity contribution in [3.05, 3.63) is 70.8 Å². The summed E-state index contributed by atoms with van der Waals surface area (Å²) in [4.78, 5) is 24.0. The molecule has 36 heavy (non-hydrogen) atoms. The number of alkyl halides is 3. The van der Waals surface area contributed by atoms with E-state index in [0.29, 0.717) is 4.68 Å². The highest BCUT2D eigenvalue weighted by Crippen LogP contribution is 2.43. The highest BCUT2D eigenvalue weighted by molar-refractivity contribution is 6.33. The number of carbonyl (C=O) groups is 2. The van der Waals surface area contributed by atoms with E-state index in [1.54, 1.807) is 0 Å². The largest absolute Gasteiger partial charge is 0.465 e. The molecule has 1 N–H and O–H groups in total. The van der Waals surface area contributed by atoms with Crippen molar-refractivity contribution >= 4 is 29.2 Å². The lowest BCUT2D eigenvalue weighted by Crippen LogP contribution is -2.15. The lowest BCUT2D eigenvalue weighted by molar-refractivity contribution is -0.142. The van der Waals surface area contributed by atoms with Gasteiger partial charge in [-0.15, -0.1) is 0 Å². The molecule has 0 aliphatic heterocycles. The molecule has 4 aromatic rings. The highest BCUT2D eigenvalue weighted by Gasteiger charge is 2.42. The number of amides is 1. The summed E-state index contributed by atoms with van der Waals surface area (Å²) in [5, 5.41) is 9.82. The molecule has 0 radical (unpaired) electrons. The van der Waals surface area contributed by atoms with Crippen molar-refractivity contribution in [3.8, 4) is 28.3 Å². The molecular weight excluding hydrogens is 508 g/mol. The van der Waals surface area contributed by atoms with Crippen LogP contribution in [0.5, 0.6) is 0 Å². The van der Waals surface area contributed by atoms with E-state index in [2.05, 4.69) is 15.6 Å². The lowest BCUT2D eigenvalue weighted by Gasteiger charge is -2.13. The Bertz CT molecular complexity index is 1460. The number of halogens is 5. The summed E-state index contributed by atoms with van der Waals surface area (Å²) in [6, 6.07) is 9.19. The van der Waals surface area contributed by atoms with Gasteiger partial charge in [-0.1, -0.05) is 28.9 Å². The van der Waals surface area contributed by atoms with Gasteiger partial charge in [-0.05, 0) is 30.3 Å². The van der Waals surface area contributed by atoms with Crippen molar-refractivity contribution in [2.75, 3.05) is 12.4 Å². The topological polar surface area (TPSA) is 99.2 Å². The average molecular weight is 523 g/mol. The van der Waals surface area contributed by atoms with E-state index < -0.39 is 52.1 Å². The first kappa shape index (κ1) is 24.9. The van der Waals surface area contributed by atoms with Crippen LogP contribution in [0.1, 0.15) is 23.0 Å². The molecule has 2 aromatic carbocycles. The predicted molar refractivity (Wildman–Crippen MR) is 120 cm³/mol. The molecule has 186 valence electrons. The second-order valence-corrected chi connectivity index (χ2v) is 7.78. The zero-order valence-electron chi connectivity index (χ0n) is 18.5. The minimum absolute atomic E-state index is 0.0451. The number of ether oxygens (including phenoxy) is 1. The molecule has 4 rings (SSSR count). The quantitative estimate of drug-likeness (QED) is 0.265. The summed E-state index contributed by atoms with van der Waals surface area (Å²) >= 11 is 6.08. The normalized spacial score (nSPS) is 11.4. The maximum atomic E-state index is 14.6. The Kier molecular flexibility index (Phi) is 6.55. The van der Waals surface area contributed by atoms with Gasteiger partial charge in [0.2, 0.25) is 5.91 Å². The summed E-state index contributed by atoms with van der Waals surface area (Å²) in [5.41, 5.74) is -3.13. The molecule has 8 nitrogen and oxygen atoms in total. The van der Waals surface area contributed by atoms with Crippen LogP contribution in [-0.2, 0) is 15.7 Å². The molecular formula is C23H15ClF4N4O4. The molecule has 0 fully saturated rings. The number of anilines is 1. The molecule has 0 bridgehead atoms. The van der Waals surface area contributed by atoms with Crippen LogP contribution in [0.15, 0.2) is 53.2 Å². The molecule has 0 unspecified atom stereocenters. The first-order chi connectivity index (χ1) is 17.0. The van der Waals surface area contributed by atoms with E-state index in [0.717, 1.165) is 19.4 Å². The number of esters is 1. The molecule has 2 heterocycles. The second-order valence-electron chi connectivity index (χ2n) is 7.37. The number of carbonyl (C=O) groups excluding carboxylic acids is 2. The summed E-state index contributed by atoms with van der Waals surface area (Å²) in [7, 11) is 0.994. The van der Waals surface area contributed by atoms with E-state index in [4.69, 9.17) is 20.9 Å². The van der Waals surface area contributed by atoms with Crippen LogP contribution in [0.25, 0.3) is 28.3 Å². The Morgan fingerprint density at radius 2 is 1.89 bits per heavy atom. The minimum Gasteiger partial charge on any atom is -0.465 e. The third kappa shape index (κ3) is 4.54. The van der Waals surface area contributed by atoms with Crippen molar-refractivity contribution in [2.24, 2.45) is 0 Å². The van der Waals surface area contributed by atoms with Crippen molar-refractivity contribution in [3.63, 3.8) is 0 Å². The van der Waals surface area contributed by atoms with Gasteiger partial charge in [-0.2, -0.15) is 18.3 Å². The van der Waals surface area contributed by atoms with Gasteiger partial charge in [-0.3, -0.25) is 4.79 Å². The maximum absolute atomic E-state index is 14.6. The smallest absolute Gasteiger partial charge is 0.434 e. The first-order valence-corrected chi connectivity index (χ1v) is 10.5.